The molecule has 0 aromatic carbocycles. The smallest absolute Gasteiger partial charge is 0.105 e. The van der Waals surface area contributed by atoms with Crippen LogP contribution in [0.2, 0.25) is 0 Å². The van der Waals surface area contributed by atoms with Gasteiger partial charge in [0.25, 0.3) is 0 Å². The van der Waals surface area contributed by atoms with Crippen LogP contribution in [0.5, 0.6) is 0 Å². The Morgan fingerprint density at radius 2 is 2.25 bits per heavy atom. The van der Waals surface area contributed by atoms with Gasteiger partial charge in [-0.3, -0.25) is 0 Å². The summed E-state index contributed by atoms with van der Waals surface area (Å²) in [5, 5.41) is 13.5. The molecule has 0 aromatic rings. The molecule has 4 heteroatoms. The van der Waals surface area contributed by atoms with Gasteiger partial charge in [0.05, 0.1) is 11.7 Å². The van der Waals surface area contributed by atoms with Gasteiger partial charge in [0.15, 0.2) is 0 Å². The third-order valence-electron chi connectivity index (χ3n) is 3.55. The van der Waals surface area contributed by atoms with E-state index < -0.39 is 5.60 Å². The molecule has 1 saturated heterocycles. The summed E-state index contributed by atoms with van der Waals surface area (Å²) < 4.78 is 10.7. The van der Waals surface area contributed by atoms with Crippen LogP contribution in [0.15, 0.2) is 0 Å². The third kappa shape index (κ3) is 3.70. The highest BCUT2D eigenvalue weighted by molar-refractivity contribution is 4.91. The van der Waals surface area contributed by atoms with Gasteiger partial charge in [-0.15, -0.1) is 0 Å². The topological polar surface area (TPSA) is 50.7 Å². The van der Waals surface area contributed by atoms with E-state index in [1.54, 1.807) is 7.11 Å². The summed E-state index contributed by atoms with van der Waals surface area (Å²) in [7, 11) is 1.72. The first-order chi connectivity index (χ1) is 7.40. The molecule has 0 aromatic heterocycles. The molecule has 0 bridgehead atoms. The van der Waals surface area contributed by atoms with E-state index in [9.17, 15) is 5.11 Å². The first-order valence-corrected chi connectivity index (χ1v) is 5.99. The van der Waals surface area contributed by atoms with Gasteiger partial charge < -0.3 is 19.9 Å². The Bertz CT molecular complexity index is 220. The SMILES string of the molecule is COC(C)(C)CCNCC1(O)CCOC1C. The highest BCUT2D eigenvalue weighted by Gasteiger charge is 2.38. The molecule has 4 nitrogen and oxygen atoms in total. The first kappa shape index (κ1) is 13.9. The summed E-state index contributed by atoms with van der Waals surface area (Å²) in [5.41, 5.74) is -0.801. The third-order valence-corrected chi connectivity index (χ3v) is 3.55. The average Bonchev–Trinajstić information content (AvgIpc) is 2.55. The second-order valence-corrected chi connectivity index (χ2v) is 5.26. The fourth-order valence-corrected chi connectivity index (χ4v) is 1.80. The molecular weight excluding hydrogens is 206 g/mol. The Morgan fingerprint density at radius 1 is 1.56 bits per heavy atom. The van der Waals surface area contributed by atoms with Gasteiger partial charge in [-0.2, -0.15) is 0 Å². The number of hydrogen-bond acceptors (Lipinski definition) is 4. The lowest BCUT2D eigenvalue weighted by Gasteiger charge is -2.28. The van der Waals surface area contributed by atoms with Gasteiger partial charge in [0.2, 0.25) is 0 Å². The van der Waals surface area contributed by atoms with Crippen LogP contribution in [0, 0.1) is 0 Å². The van der Waals surface area contributed by atoms with Crippen molar-refractivity contribution in [1.82, 2.24) is 5.32 Å². The Balaban J connectivity index is 2.20. The van der Waals surface area contributed by atoms with Crippen LogP contribution in [-0.4, -0.2) is 49.2 Å². The number of ether oxygens (including phenoxy) is 2. The van der Waals surface area contributed by atoms with Crippen LogP contribution < -0.4 is 5.32 Å². The van der Waals surface area contributed by atoms with Crippen molar-refractivity contribution in [3.63, 3.8) is 0 Å². The molecule has 2 atom stereocenters. The summed E-state index contributed by atoms with van der Waals surface area (Å²) in [4.78, 5) is 0. The van der Waals surface area contributed by atoms with E-state index in [1.807, 2.05) is 6.92 Å². The molecule has 2 N–H and O–H groups in total. The van der Waals surface area contributed by atoms with Crippen LogP contribution in [0.1, 0.15) is 33.6 Å². The fourth-order valence-electron chi connectivity index (χ4n) is 1.80. The summed E-state index contributed by atoms with van der Waals surface area (Å²) in [6.07, 6.45) is 1.57. The molecule has 2 unspecified atom stereocenters. The lowest BCUT2D eigenvalue weighted by molar-refractivity contribution is -0.0281. The van der Waals surface area contributed by atoms with Crippen molar-refractivity contribution in [3.8, 4) is 0 Å². The molecule has 1 aliphatic rings. The highest BCUT2D eigenvalue weighted by Crippen LogP contribution is 2.24. The molecule has 0 amide bonds. The van der Waals surface area contributed by atoms with Gasteiger partial charge in [0.1, 0.15) is 5.60 Å². The largest absolute Gasteiger partial charge is 0.386 e. The number of nitrogens with one attached hydrogen (secondary N) is 1. The highest BCUT2D eigenvalue weighted by atomic mass is 16.5. The van der Waals surface area contributed by atoms with Gasteiger partial charge in [-0.05, 0) is 33.7 Å². The van der Waals surface area contributed by atoms with Crippen molar-refractivity contribution in [2.45, 2.75) is 50.9 Å². The van der Waals surface area contributed by atoms with Crippen LogP contribution in [-0.2, 0) is 9.47 Å². The van der Waals surface area contributed by atoms with Gasteiger partial charge in [-0.1, -0.05) is 0 Å². The Kier molecular flexibility index (Phi) is 4.73. The van der Waals surface area contributed by atoms with E-state index in [2.05, 4.69) is 19.2 Å². The molecule has 0 saturated carbocycles. The van der Waals surface area contributed by atoms with Gasteiger partial charge in [-0.25, -0.2) is 0 Å². The molecule has 16 heavy (non-hydrogen) atoms. The van der Waals surface area contributed by atoms with E-state index >= 15 is 0 Å². The van der Waals surface area contributed by atoms with Crippen LogP contribution in [0.4, 0.5) is 0 Å². The zero-order valence-corrected chi connectivity index (χ0v) is 10.9. The Labute approximate surface area is 98.3 Å². The lowest BCUT2D eigenvalue weighted by atomic mass is 9.96. The van der Waals surface area contributed by atoms with E-state index in [-0.39, 0.29) is 11.7 Å². The molecule has 1 aliphatic heterocycles. The molecule has 0 spiro atoms. The summed E-state index contributed by atoms with van der Waals surface area (Å²) in [6, 6.07) is 0. The Morgan fingerprint density at radius 3 is 2.75 bits per heavy atom. The zero-order chi connectivity index (χ0) is 12.2. The van der Waals surface area contributed by atoms with Gasteiger partial charge in [0, 0.05) is 26.7 Å². The van der Waals surface area contributed by atoms with Crippen molar-refractivity contribution in [2.75, 3.05) is 26.8 Å². The van der Waals surface area contributed by atoms with Crippen molar-refractivity contribution < 1.29 is 14.6 Å². The van der Waals surface area contributed by atoms with Crippen molar-refractivity contribution in [1.29, 1.82) is 0 Å². The number of aliphatic hydroxyl groups is 1. The normalized spacial score (nSPS) is 30.9. The number of rotatable bonds is 6. The minimum atomic E-state index is -0.697. The van der Waals surface area contributed by atoms with E-state index in [0.29, 0.717) is 13.2 Å². The molecule has 96 valence electrons. The lowest BCUT2D eigenvalue weighted by Crippen LogP contribution is -2.46. The monoisotopic (exact) mass is 231 g/mol. The molecule has 1 fully saturated rings. The summed E-state index contributed by atoms with van der Waals surface area (Å²) in [5.74, 6) is 0. The van der Waals surface area contributed by atoms with E-state index in [4.69, 9.17) is 9.47 Å². The quantitative estimate of drug-likeness (QED) is 0.668. The number of hydrogen-bond donors (Lipinski definition) is 2. The maximum atomic E-state index is 10.2. The van der Waals surface area contributed by atoms with Gasteiger partial charge >= 0.3 is 0 Å². The van der Waals surface area contributed by atoms with Crippen LogP contribution in [0.3, 0.4) is 0 Å². The van der Waals surface area contributed by atoms with Crippen molar-refractivity contribution >= 4 is 0 Å². The zero-order valence-electron chi connectivity index (χ0n) is 10.9. The van der Waals surface area contributed by atoms with Crippen molar-refractivity contribution in [3.05, 3.63) is 0 Å². The predicted octanol–water partition coefficient (Wildman–Crippen LogP) is 0.931. The second-order valence-electron chi connectivity index (χ2n) is 5.26. The molecule has 1 rings (SSSR count). The van der Waals surface area contributed by atoms with Crippen LogP contribution >= 0.6 is 0 Å². The maximum absolute atomic E-state index is 10.2. The summed E-state index contributed by atoms with van der Waals surface area (Å²) in [6.45, 7) is 8.13. The average molecular weight is 231 g/mol. The molecule has 0 aliphatic carbocycles. The number of methoxy groups -OCH3 is 1. The molecule has 0 radical (unpaired) electrons. The first-order valence-electron chi connectivity index (χ1n) is 5.99. The minimum Gasteiger partial charge on any atom is -0.386 e. The van der Waals surface area contributed by atoms with E-state index in [1.165, 1.54) is 0 Å². The minimum absolute atomic E-state index is 0.0737. The van der Waals surface area contributed by atoms with Crippen molar-refractivity contribution in [2.24, 2.45) is 0 Å². The maximum Gasteiger partial charge on any atom is 0.105 e. The second kappa shape index (κ2) is 5.45. The van der Waals surface area contributed by atoms with Crippen LogP contribution in [0.25, 0.3) is 0 Å². The Hall–Kier alpha value is -0.160. The predicted molar refractivity (Wildman–Crippen MR) is 63.6 cm³/mol. The fraction of sp³-hybridized carbons (Fsp3) is 1.00. The standard InChI is InChI=1S/C12H25NO3/c1-10-12(14,6-8-16-10)9-13-7-5-11(2,3)15-4/h10,13-14H,5-9H2,1-4H3. The molecular formula is C12H25NO3. The summed E-state index contributed by atoms with van der Waals surface area (Å²) >= 11 is 0. The van der Waals surface area contributed by atoms with E-state index in [0.717, 1.165) is 19.4 Å². The molecule has 1 heterocycles.